The lowest BCUT2D eigenvalue weighted by atomic mass is 10.1. The predicted octanol–water partition coefficient (Wildman–Crippen LogP) is 3.83. The van der Waals surface area contributed by atoms with E-state index in [4.69, 9.17) is 0 Å². The maximum absolute atomic E-state index is 4.16. The summed E-state index contributed by atoms with van der Waals surface area (Å²) in [7, 11) is 0. The normalized spacial score (nSPS) is 9.47. The summed E-state index contributed by atoms with van der Waals surface area (Å²) in [5.41, 5.74) is 2.14. The second kappa shape index (κ2) is 6.22. The number of benzene rings is 1. The third-order valence-corrected chi connectivity index (χ3v) is 2.80. The van der Waals surface area contributed by atoms with Crippen LogP contribution in [0.2, 0.25) is 0 Å². The lowest BCUT2D eigenvalue weighted by molar-refractivity contribution is 1.03. The number of halogens is 1. The van der Waals surface area contributed by atoms with Crippen molar-refractivity contribution >= 4 is 15.9 Å². The molecule has 0 amide bonds. The van der Waals surface area contributed by atoms with Gasteiger partial charge in [-0.1, -0.05) is 40.0 Å². The molecule has 2 heteroatoms. The van der Waals surface area contributed by atoms with Crippen LogP contribution < -0.4 is 0 Å². The van der Waals surface area contributed by atoms with Gasteiger partial charge in [-0.15, -0.1) is 0 Å². The van der Waals surface area contributed by atoms with Crippen molar-refractivity contribution in [2.45, 2.75) is 12.8 Å². The largest absolute Gasteiger partial charge is 0.248 e. The third kappa shape index (κ3) is 4.05. The van der Waals surface area contributed by atoms with E-state index in [1.54, 1.807) is 6.20 Å². The molecule has 17 heavy (non-hydrogen) atoms. The highest BCUT2D eigenvalue weighted by molar-refractivity contribution is 9.10. The van der Waals surface area contributed by atoms with Crippen molar-refractivity contribution in [1.29, 1.82) is 0 Å². The smallest absolute Gasteiger partial charge is 0.113 e. The molecule has 84 valence electrons. The molecule has 0 saturated carbocycles. The van der Waals surface area contributed by atoms with Gasteiger partial charge in [0.1, 0.15) is 5.69 Å². The Morgan fingerprint density at radius 2 is 2.06 bits per heavy atom. The van der Waals surface area contributed by atoms with Crippen LogP contribution in [-0.2, 0) is 6.42 Å². The topological polar surface area (TPSA) is 12.9 Å². The van der Waals surface area contributed by atoms with Gasteiger partial charge in [-0.2, -0.15) is 0 Å². The Morgan fingerprint density at radius 1 is 1.12 bits per heavy atom. The summed E-state index contributed by atoms with van der Waals surface area (Å²) in [6, 6.07) is 14.1. The molecule has 0 radical (unpaired) electrons. The summed E-state index contributed by atoms with van der Waals surface area (Å²) in [6.07, 6.45) is 3.59. The quantitative estimate of drug-likeness (QED) is 0.765. The van der Waals surface area contributed by atoms with Gasteiger partial charge in [-0.3, -0.25) is 0 Å². The fourth-order valence-corrected chi connectivity index (χ4v) is 1.94. The number of aryl methyl sites for hydroxylation is 1. The van der Waals surface area contributed by atoms with Gasteiger partial charge >= 0.3 is 0 Å². The first-order valence-corrected chi connectivity index (χ1v) is 6.28. The molecule has 2 rings (SSSR count). The molecule has 0 N–H and O–H groups in total. The van der Waals surface area contributed by atoms with Crippen molar-refractivity contribution in [3.05, 3.63) is 64.4 Å². The third-order valence-electron chi connectivity index (χ3n) is 2.31. The predicted molar refractivity (Wildman–Crippen MR) is 73.6 cm³/mol. The van der Waals surface area contributed by atoms with E-state index >= 15 is 0 Å². The minimum Gasteiger partial charge on any atom is -0.248 e. The highest BCUT2D eigenvalue weighted by Gasteiger charge is 1.92. The molecule has 2 aromatic rings. The number of hydrogen-bond acceptors (Lipinski definition) is 1. The Labute approximate surface area is 110 Å². The van der Waals surface area contributed by atoms with E-state index in [1.807, 2.05) is 30.3 Å². The van der Waals surface area contributed by atoms with E-state index in [-0.39, 0.29) is 0 Å². The molecule has 0 aliphatic carbocycles. The molecule has 0 atom stereocenters. The van der Waals surface area contributed by atoms with Crippen LogP contribution in [0.3, 0.4) is 0 Å². The van der Waals surface area contributed by atoms with Crippen LogP contribution in [0.4, 0.5) is 0 Å². The zero-order chi connectivity index (χ0) is 11.9. The van der Waals surface area contributed by atoms with Crippen LogP contribution in [0, 0.1) is 11.8 Å². The van der Waals surface area contributed by atoms with E-state index in [9.17, 15) is 0 Å². The number of hydrogen-bond donors (Lipinski definition) is 0. The van der Waals surface area contributed by atoms with Crippen LogP contribution >= 0.6 is 15.9 Å². The van der Waals surface area contributed by atoms with Crippen LogP contribution in [0.15, 0.2) is 53.1 Å². The molecule has 0 unspecified atom stereocenters. The van der Waals surface area contributed by atoms with Crippen molar-refractivity contribution in [2.75, 3.05) is 0 Å². The minimum absolute atomic E-state index is 0.835. The van der Waals surface area contributed by atoms with Gasteiger partial charge in [-0.25, -0.2) is 4.98 Å². The molecule has 1 nitrogen and oxygen atoms in total. The first-order chi connectivity index (χ1) is 8.34. The number of aromatic nitrogens is 1. The fourth-order valence-electron chi connectivity index (χ4n) is 1.49. The maximum Gasteiger partial charge on any atom is 0.113 e. The zero-order valence-corrected chi connectivity index (χ0v) is 10.9. The Balaban J connectivity index is 1.90. The zero-order valence-electron chi connectivity index (χ0n) is 9.36. The van der Waals surface area contributed by atoms with Gasteiger partial charge in [0.25, 0.3) is 0 Å². The highest BCUT2D eigenvalue weighted by Crippen LogP contribution is 2.12. The average Bonchev–Trinajstić information content (AvgIpc) is 2.36. The summed E-state index contributed by atoms with van der Waals surface area (Å²) in [5.74, 6) is 6.20. The molecule has 1 heterocycles. The Bertz CT molecular complexity index is 538. The summed E-state index contributed by atoms with van der Waals surface area (Å²) >= 11 is 3.46. The van der Waals surface area contributed by atoms with Crippen LogP contribution in [0.1, 0.15) is 17.7 Å². The van der Waals surface area contributed by atoms with Gasteiger partial charge < -0.3 is 0 Å². The molecule has 1 aromatic carbocycles. The van der Waals surface area contributed by atoms with E-state index in [1.165, 1.54) is 5.56 Å². The van der Waals surface area contributed by atoms with E-state index in [2.05, 4.69) is 44.9 Å². The second-order valence-electron chi connectivity index (χ2n) is 3.65. The Morgan fingerprint density at radius 3 is 2.82 bits per heavy atom. The summed E-state index contributed by atoms with van der Waals surface area (Å²) < 4.78 is 1.12. The van der Waals surface area contributed by atoms with Gasteiger partial charge in [0.05, 0.1) is 0 Å². The van der Waals surface area contributed by atoms with Crippen LogP contribution in [-0.4, -0.2) is 4.98 Å². The second-order valence-corrected chi connectivity index (χ2v) is 4.56. The Hall–Kier alpha value is -1.59. The molecule has 0 aliphatic heterocycles. The number of pyridine rings is 1. The average molecular weight is 286 g/mol. The van der Waals surface area contributed by atoms with Gasteiger partial charge in [0.2, 0.25) is 0 Å². The van der Waals surface area contributed by atoms with Crippen molar-refractivity contribution in [3.63, 3.8) is 0 Å². The van der Waals surface area contributed by atoms with E-state index in [0.29, 0.717) is 0 Å². The summed E-state index contributed by atoms with van der Waals surface area (Å²) in [4.78, 5) is 4.16. The van der Waals surface area contributed by atoms with Crippen LogP contribution in [0.5, 0.6) is 0 Å². The Kier molecular flexibility index (Phi) is 4.35. The minimum atomic E-state index is 0.835. The standard InChI is InChI=1S/C15H12BrN/c16-14-8-5-7-13(12-14)6-1-2-9-15-10-3-4-11-17-15/h3-5,7-8,10-12H,1,6H2. The molecular formula is C15H12BrN. The number of rotatable bonds is 2. The van der Waals surface area contributed by atoms with Crippen molar-refractivity contribution in [2.24, 2.45) is 0 Å². The number of nitrogens with zero attached hydrogens (tertiary/aromatic N) is 1. The fraction of sp³-hybridized carbons (Fsp3) is 0.133. The molecule has 0 spiro atoms. The molecule has 0 saturated heterocycles. The maximum atomic E-state index is 4.16. The molecule has 0 fully saturated rings. The van der Waals surface area contributed by atoms with Crippen molar-refractivity contribution < 1.29 is 0 Å². The lowest BCUT2D eigenvalue weighted by Crippen LogP contribution is -1.83. The van der Waals surface area contributed by atoms with E-state index in [0.717, 1.165) is 23.0 Å². The highest BCUT2D eigenvalue weighted by atomic mass is 79.9. The lowest BCUT2D eigenvalue weighted by Gasteiger charge is -1.97. The summed E-state index contributed by atoms with van der Waals surface area (Å²) in [6.45, 7) is 0. The van der Waals surface area contributed by atoms with Crippen LogP contribution in [0.25, 0.3) is 0 Å². The van der Waals surface area contributed by atoms with E-state index < -0.39 is 0 Å². The van der Waals surface area contributed by atoms with Gasteiger partial charge in [0.15, 0.2) is 0 Å². The van der Waals surface area contributed by atoms with Gasteiger partial charge in [-0.05, 0) is 42.2 Å². The van der Waals surface area contributed by atoms with Gasteiger partial charge in [0, 0.05) is 17.1 Å². The van der Waals surface area contributed by atoms with Crippen molar-refractivity contribution in [3.8, 4) is 11.8 Å². The molecular weight excluding hydrogens is 274 g/mol. The molecule has 0 bridgehead atoms. The first-order valence-electron chi connectivity index (χ1n) is 5.49. The first kappa shape index (κ1) is 11.9. The summed E-state index contributed by atoms with van der Waals surface area (Å²) in [5, 5.41) is 0. The molecule has 1 aromatic heterocycles. The van der Waals surface area contributed by atoms with Crippen molar-refractivity contribution in [1.82, 2.24) is 4.98 Å². The SMILES string of the molecule is Brc1cccc(CCC#Cc2ccccn2)c1. The monoisotopic (exact) mass is 285 g/mol. The molecule has 0 aliphatic rings.